The highest BCUT2D eigenvalue weighted by atomic mass is 16.5. The second kappa shape index (κ2) is 8.11. The molecular weight excluding hydrogens is 320 g/mol. The molecule has 0 saturated carbocycles. The monoisotopic (exact) mass is 346 g/mol. The lowest BCUT2D eigenvalue weighted by Crippen LogP contribution is -2.47. The third-order valence-electron chi connectivity index (χ3n) is 4.27. The summed E-state index contributed by atoms with van der Waals surface area (Å²) in [4.78, 5) is 16.3. The molecule has 0 aliphatic heterocycles. The van der Waals surface area contributed by atoms with Crippen LogP contribution in [0.5, 0.6) is 0 Å². The van der Waals surface area contributed by atoms with Crippen molar-refractivity contribution in [2.24, 2.45) is 5.92 Å². The topological polar surface area (TPSA) is 100 Å². The highest BCUT2D eigenvalue weighted by molar-refractivity contribution is 5.74. The lowest BCUT2D eigenvalue weighted by Gasteiger charge is -2.28. The van der Waals surface area contributed by atoms with Crippen molar-refractivity contribution in [3.63, 3.8) is 0 Å². The van der Waals surface area contributed by atoms with Gasteiger partial charge in [0.05, 0.1) is 18.1 Å². The van der Waals surface area contributed by atoms with Crippen molar-refractivity contribution in [1.29, 1.82) is 0 Å². The first-order valence-corrected chi connectivity index (χ1v) is 8.41. The molecule has 0 aliphatic rings. The summed E-state index contributed by atoms with van der Waals surface area (Å²) < 4.78 is 5.24. The molecule has 1 aromatic heterocycles. The van der Waals surface area contributed by atoms with Gasteiger partial charge in [-0.25, -0.2) is 4.79 Å². The van der Waals surface area contributed by atoms with Crippen LogP contribution in [0.1, 0.15) is 51.0 Å². The van der Waals surface area contributed by atoms with E-state index in [1.54, 1.807) is 13.8 Å². The molecule has 3 N–H and O–H groups in total. The molecule has 7 heteroatoms. The van der Waals surface area contributed by atoms with Gasteiger partial charge in [-0.15, -0.1) is 0 Å². The van der Waals surface area contributed by atoms with Gasteiger partial charge in [-0.2, -0.15) is 4.98 Å². The Bertz CT molecular complexity index is 683. The average molecular weight is 346 g/mol. The predicted octanol–water partition coefficient (Wildman–Crippen LogP) is 2.43. The zero-order valence-corrected chi connectivity index (χ0v) is 15.1. The number of nitrogens with zero attached hydrogens (tertiary/aromatic N) is 2. The van der Waals surface area contributed by atoms with E-state index >= 15 is 0 Å². The molecule has 1 aromatic carbocycles. The van der Waals surface area contributed by atoms with Crippen molar-refractivity contribution in [2.75, 3.05) is 6.54 Å². The molecule has 0 radical (unpaired) electrons. The predicted molar refractivity (Wildman–Crippen MR) is 94.0 cm³/mol. The molecular formula is C18H26N4O3. The standard InChI is InChI=1S/C18H26N4O3/c1-12(2)18(4,24)11-19-17(23)20-13(3)16-21-15(25-22-16)10-14-8-6-5-7-9-14/h5-9,12-13,24H,10-11H2,1-4H3,(H2,19,20,23). The van der Waals surface area contributed by atoms with Crippen molar-refractivity contribution < 1.29 is 14.4 Å². The fraction of sp³-hybridized carbons (Fsp3) is 0.500. The zero-order chi connectivity index (χ0) is 18.4. The Kier molecular flexibility index (Phi) is 6.14. The van der Waals surface area contributed by atoms with E-state index < -0.39 is 11.6 Å². The van der Waals surface area contributed by atoms with Crippen LogP contribution in [-0.2, 0) is 6.42 Å². The van der Waals surface area contributed by atoms with E-state index in [0.717, 1.165) is 5.56 Å². The third kappa shape index (κ3) is 5.56. The van der Waals surface area contributed by atoms with Crippen molar-refractivity contribution >= 4 is 6.03 Å². The Hall–Kier alpha value is -2.41. The van der Waals surface area contributed by atoms with Gasteiger partial charge in [-0.1, -0.05) is 49.3 Å². The van der Waals surface area contributed by atoms with Crippen molar-refractivity contribution in [2.45, 2.75) is 45.8 Å². The highest BCUT2D eigenvalue weighted by Crippen LogP contribution is 2.15. The largest absolute Gasteiger partial charge is 0.388 e. The van der Waals surface area contributed by atoms with E-state index in [-0.39, 0.29) is 18.5 Å². The molecule has 0 bridgehead atoms. The minimum atomic E-state index is -0.963. The maximum absolute atomic E-state index is 12.0. The Labute approximate surface area is 147 Å². The van der Waals surface area contributed by atoms with Crippen LogP contribution in [0.25, 0.3) is 0 Å². The average Bonchev–Trinajstić information content (AvgIpc) is 3.02. The Morgan fingerprint density at radius 3 is 2.60 bits per heavy atom. The second-order valence-corrected chi connectivity index (χ2v) is 6.77. The number of aliphatic hydroxyl groups is 1. The molecule has 136 valence electrons. The number of hydrogen-bond donors (Lipinski definition) is 3. The van der Waals surface area contributed by atoms with E-state index in [1.165, 1.54) is 0 Å². The second-order valence-electron chi connectivity index (χ2n) is 6.77. The van der Waals surface area contributed by atoms with Crippen LogP contribution >= 0.6 is 0 Å². The number of amides is 2. The normalized spacial score (nSPS) is 14.8. The summed E-state index contributed by atoms with van der Waals surface area (Å²) in [6.45, 7) is 7.42. The summed E-state index contributed by atoms with van der Waals surface area (Å²) in [6, 6.07) is 9.03. The van der Waals surface area contributed by atoms with Gasteiger partial charge in [0.2, 0.25) is 5.89 Å². The molecule has 2 atom stereocenters. The molecule has 0 fully saturated rings. The maximum Gasteiger partial charge on any atom is 0.315 e. The number of urea groups is 1. The van der Waals surface area contributed by atoms with Crippen molar-refractivity contribution in [3.8, 4) is 0 Å². The molecule has 0 aliphatic carbocycles. The minimum Gasteiger partial charge on any atom is -0.388 e. The van der Waals surface area contributed by atoms with Gasteiger partial charge in [0.1, 0.15) is 0 Å². The first-order chi connectivity index (χ1) is 11.8. The van der Waals surface area contributed by atoms with E-state index in [0.29, 0.717) is 18.1 Å². The highest BCUT2D eigenvalue weighted by Gasteiger charge is 2.26. The van der Waals surface area contributed by atoms with Gasteiger partial charge in [-0.05, 0) is 25.3 Å². The minimum absolute atomic E-state index is 0.0305. The van der Waals surface area contributed by atoms with E-state index in [2.05, 4.69) is 20.8 Å². The Morgan fingerprint density at radius 1 is 1.28 bits per heavy atom. The van der Waals surface area contributed by atoms with Crippen LogP contribution in [-0.4, -0.2) is 33.4 Å². The maximum atomic E-state index is 12.0. The molecule has 25 heavy (non-hydrogen) atoms. The molecule has 1 heterocycles. The lowest BCUT2D eigenvalue weighted by molar-refractivity contribution is 0.0165. The molecule has 2 aromatic rings. The molecule has 2 amide bonds. The van der Waals surface area contributed by atoms with Gasteiger partial charge in [0, 0.05) is 6.54 Å². The fourth-order valence-corrected chi connectivity index (χ4v) is 2.06. The number of nitrogens with one attached hydrogen (secondary N) is 2. The summed E-state index contributed by atoms with van der Waals surface area (Å²) in [5.74, 6) is 0.942. The van der Waals surface area contributed by atoms with Crippen molar-refractivity contribution in [1.82, 2.24) is 20.8 Å². The van der Waals surface area contributed by atoms with E-state index in [1.807, 2.05) is 44.2 Å². The number of carbonyl (C=O) groups is 1. The molecule has 2 unspecified atom stereocenters. The molecule has 0 saturated heterocycles. The van der Waals surface area contributed by atoms with Crippen LogP contribution in [0.2, 0.25) is 0 Å². The zero-order valence-electron chi connectivity index (χ0n) is 15.1. The summed E-state index contributed by atoms with van der Waals surface area (Å²) in [7, 11) is 0. The fourth-order valence-electron chi connectivity index (χ4n) is 2.06. The third-order valence-corrected chi connectivity index (χ3v) is 4.27. The first-order valence-electron chi connectivity index (χ1n) is 8.41. The molecule has 2 rings (SSSR count). The summed E-state index contributed by atoms with van der Waals surface area (Å²) in [6.07, 6.45) is 0.546. The summed E-state index contributed by atoms with van der Waals surface area (Å²) >= 11 is 0. The summed E-state index contributed by atoms with van der Waals surface area (Å²) in [5, 5.41) is 19.5. The van der Waals surface area contributed by atoms with Crippen LogP contribution in [0.3, 0.4) is 0 Å². The number of aromatic nitrogens is 2. The number of rotatable bonds is 7. The van der Waals surface area contributed by atoms with Crippen LogP contribution < -0.4 is 10.6 Å². The van der Waals surface area contributed by atoms with Gasteiger partial charge < -0.3 is 20.3 Å². The van der Waals surface area contributed by atoms with Crippen molar-refractivity contribution in [3.05, 3.63) is 47.6 Å². The number of benzene rings is 1. The van der Waals surface area contributed by atoms with E-state index in [4.69, 9.17) is 4.52 Å². The van der Waals surface area contributed by atoms with E-state index in [9.17, 15) is 9.90 Å². The van der Waals surface area contributed by atoms with Crippen LogP contribution in [0, 0.1) is 5.92 Å². The van der Waals surface area contributed by atoms with Gasteiger partial charge in [-0.3, -0.25) is 0 Å². The van der Waals surface area contributed by atoms with Crippen LogP contribution in [0.15, 0.2) is 34.9 Å². The quantitative estimate of drug-likeness (QED) is 0.715. The first kappa shape index (κ1) is 18.9. The molecule has 0 spiro atoms. The smallest absolute Gasteiger partial charge is 0.315 e. The van der Waals surface area contributed by atoms with Gasteiger partial charge in [0.25, 0.3) is 0 Å². The Balaban J connectivity index is 1.86. The molecule has 7 nitrogen and oxygen atoms in total. The van der Waals surface area contributed by atoms with Crippen LogP contribution in [0.4, 0.5) is 4.79 Å². The SMILES string of the molecule is CC(NC(=O)NCC(C)(O)C(C)C)c1noc(Cc2ccccc2)n1. The Morgan fingerprint density at radius 2 is 1.96 bits per heavy atom. The number of carbonyl (C=O) groups excluding carboxylic acids is 1. The summed E-state index contributed by atoms with van der Waals surface area (Å²) in [5.41, 5.74) is 0.113. The number of hydrogen-bond acceptors (Lipinski definition) is 5. The lowest BCUT2D eigenvalue weighted by atomic mass is 9.93. The van der Waals surface area contributed by atoms with Gasteiger partial charge >= 0.3 is 6.03 Å². The van der Waals surface area contributed by atoms with Gasteiger partial charge in [0.15, 0.2) is 5.82 Å².